The molecule has 44 heavy (non-hydrogen) atoms. The monoisotopic (exact) mass is 607 g/mol. The molecule has 7 heteroatoms. The molecule has 2 bridgehead atoms. The Morgan fingerprint density at radius 2 is 1.45 bits per heavy atom. The number of nitrogens with zero attached hydrogens (tertiary/aromatic N) is 1. The highest BCUT2D eigenvalue weighted by atomic mass is 16.6. The number of methoxy groups -OCH3 is 1. The van der Waals surface area contributed by atoms with Crippen molar-refractivity contribution in [1.82, 2.24) is 4.90 Å². The number of ether oxygens (including phenoxy) is 5. The van der Waals surface area contributed by atoms with E-state index in [2.05, 4.69) is 61.2 Å². The molecule has 1 aliphatic heterocycles. The highest BCUT2D eigenvalue weighted by Crippen LogP contribution is 2.49. The summed E-state index contributed by atoms with van der Waals surface area (Å²) in [6.45, 7) is 12.2. The fraction of sp³-hybridized carbons (Fsp3) is 0.649. The Morgan fingerprint density at radius 3 is 2.14 bits per heavy atom. The van der Waals surface area contributed by atoms with Crippen LogP contribution in [0.3, 0.4) is 0 Å². The number of hydrogen-bond donors (Lipinski definition) is 0. The van der Waals surface area contributed by atoms with E-state index in [4.69, 9.17) is 23.7 Å². The van der Waals surface area contributed by atoms with E-state index in [0.717, 1.165) is 56.9 Å². The van der Waals surface area contributed by atoms with Gasteiger partial charge in [-0.1, -0.05) is 56.3 Å². The van der Waals surface area contributed by atoms with Gasteiger partial charge in [-0.3, -0.25) is 9.69 Å². The summed E-state index contributed by atoms with van der Waals surface area (Å²) in [6.07, 6.45) is 6.64. The van der Waals surface area contributed by atoms with Crippen molar-refractivity contribution in [3.05, 3.63) is 70.3 Å². The lowest BCUT2D eigenvalue weighted by molar-refractivity contribution is -0.00788. The summed E-state index contributed by atoms with van der Waals surface area (Å²) in [5.41, 5.74) is 6.26. The second kappa shape index (κ2) is 16.4. The highest BCUT2D eigenvalue weighted by Gasteiger charge is 2.52. The molecule has 7 nitrogen and oxygen atoms in total. The van der Waals surface area contributed by atoms with Crippen LogP contribution in [0.2, 0.25) is 0 Å². The molecule has 3 atom stereocenters. The van der Waals surface area contributed by atoms with E-state index in [1.165, 1.54) is 35.1 Å². The van der Waals surface area contributed by atoms with Crippen molar-refractivity contribution in [2.24, 2.45) is 11.8 Å². The van der Waals surface area contributed by atoms with Crippen molar-refractivity contribution in [3.63, 3.8) is 0 Å². The molecule has 0 amide bonds. The van der Waals surface area contributed by atoms with Crippen LogP contribution in [0.5, 0.6) is 0 Å². The van der Waals surface area contributed by atoms with Crippen LogP contribution >= 0.6 is 0 Å². The van der Waals surface area contributed by atoms with Crippen LogP contribution in [0, 0.1) is 11.8 Å². The van der Waals surface area contributed by atoms with Crippen LogP contribution in [0.4, 0.5) is 0 Å². The van der Waals surface area contributed by atoms with E-state index in [1.54, 1.807) is 7.11 Å². The number of aryl methyl sites for hydroxylation is 1. The van der Waals surface area contributed by atoms with Gasteiger partial charge in [0, 0.05) is 25.8 Å². The predicted octanol–water partition coefficient (Wildman–Crippen LogP) is 5.50. The lowest BCUT2D eigenvalue weighted by Gasteiger charge is -2.53. The number of carbonyl (C=O) groups excluding carboxylic acids is 1. The molecule has 2 fully saturated rings. The standard InChI is InChI=1S/C37H53NO6/c1-28-35-36(39)33-12-11-32(26-34(33)37(28,2)13-14-38(35)27-30-9-10-30)25-31-7-4-6-29(24-31)8-5-15-41-18-19-43-22-23-44-21-20-42-17-16-40-3/h4,6-7,11-12,24,26,28,30,35H,5,8-10,13-23,25,27H2,1-3H3/t28-,35?,37+/m0/s1. The molecule has 0 radical (unpaired) electrons. The Kier molecular flexibility index (Phi) is 12.4. The van der Waals surface area contributed by atoms with E-state index in [1.807, 2.05) is 0 Å². The molecule has 1 saturated heterocycles. The normalized spacial score (nSPS) is 23.2. The Hall–Kier alpha value is -2.13. The summed E-state index contributed by atoms with van der Waals surface area (Å²) in [5.74, 6) is 1.50. The predicted molar refractivity (Wildman–Crippen MR) is 173 cm³/mol. The number of rotatable bonds is 20. The van der Waals surface area contributed by atoms with E-state index in [-0.39, 0.29) is 11.5 Å². The lowest BCUT2D eigenvalue weighted by atomic mass is 9.58. The maximum absolute atomic E-state index is 13.7. The van der Waals surface area contributed by atoms with Gasteiger partial charge >= 0.3 is 0 Å². The summed E-state index contributed by atoms with van der Waals surface area (Å²) in [5, 5.41) is 0. The number of likely N-dealkylation sites (tertiary alicyclic amines) is 1. The first-order valence-corrected chi connectivity index (χ1v) is 16.8. The third kappa shape index (κ3) is 8.77. The van der Waals surface area contributed by atoms with Crippen molar-refractivity contribution in [1.29, 1.82) is 0 Å². The van der Waals surface area contributed by atoms with Gasteiger partial charge in [0.15, 0.2) is 5.78 Å². The molecule has 5 rings (SSSR count). The summed E-state index contributed by atoms with van der Waals surface area (Å²) in [6, 6.07) is 15.6. The van der Waals surface area contributed by atoms with Gasteiger partial charge in [0.25, 0.3) is 0 Å². The molecule has 0 N–H and O–H groups in total. The van der Waals surface area contributed by atoms with Gasteiger partial charge in [-0.2, -0.15) is 0 Å². The first kappa shape index (κ1) is 33.2. The Morgan fingerprint density at radius 1 is 0.818 bits per heavy atom. The number of Topliss-reactive ketones (excluding diaryl/α,β-unsaturated/α-hetero) is 1. The van der Waals surface area contributed by atoms with Crippen LogP contribution in [-0.4, -0.2) is 96.4 Å². The van der Waals surface area contributed by atoms with Crippen LogP contribution < -0.4 is 0 Å². The summed E-state index contributed by atoms with van der Waals surface area (Å²) in [4.78, 5) is 16.2. The highest BCUT2D eigenvalue weighted by molar-refractivity contribution is 6.03. The zero-order chi connectivity index (χ0) is 30.8. The van der Waals surface area contributed by atoms with Crippen LogP contribution in [0.1, 0.15) is 72.1 Å². The zero-order valence-electron chi connectivity index (χ0n) is 27.2. The zero-order valence-corrected chi connectivity index (χ0v) is 27.2. The summed E-state index contributed by atoms with van der Waals surface area (Å²) in [7, 11) is 1.66. The van der Waals surface area contributed by atoms with Crippen molar-refractivity contribution >= 4 is 5.78 Å². The molecule has 242 valence electrons. The number of piperidine rings is 1. The van der Waals surface area contributed by atoms with Crippen LogP contribution in [0.25, 0.3) is 0 Å². The second-order valence-corrected chi connectivity index (χ2v) is 13.1. The number of ketones is 1. The molecular weight excluding hydrogens is 554 g/mol. The van der Waals surface area contributed by atoms with Crippen LogP contribution in [-0.2, 0) is 41.9 Å². The smallest absolute Gasteiger partial charge is 0.180 e. The molecule has 1 heterocycles. The molecule has 1 saturated carbocycles. The first-order chi connectivity index (χ1) is 21.5. The topological polar surface area (TPSA) is 66.5 Å². The van der Waals surface area contributed by atoms with Crippen molar-refractivity contribution in [2.45, 2.75) is 63.8 Å². The van der Waals surface area contributed by atoms with Gasteiger partial charge in [-0.05, 0) is 84.6 Å². The number of benzene rings is 2. The van der Waals surface area contributed by atoms with Crippen molar-refractivity contribution in [2.75, 3.05) is 79.7 Å². The Labute approximate surface area is 264 Å². The fourth-order valence-corrected chi connectivity index (χ4v) is 6.98. The molecule has 2 aliphatic carbocycles. The van der Waals surface area contributed by atoms with Gasteiger partial charge in [0.2, 0.25) is 0 Å². The van der Waals surface area contributed by atoms with Gasteiger partial charge in [-0.25, -0.2) is 0 Å². The Bertz CT molecular complexity index is 1200. The minimum Gasteiger partial charge on any atom is -0.382 e. The Balaban J connectivity index is 1.02. The molecule has 1 unspecified atom stereocenters. The van der Waals surface area contributed by atoms with E-state index in [0.29, 0.717) is 64.6 Å². The molecule has 3 aliphatic rings. The molecule has 2 aromatic carbocycles. The average molecular weight is 608 g/mol. The molecule has 2 aromatic rings. The fourth-order valence-electron chi connectivity index (χ4n) is 6.98. The van der Waals surface area contributed by atoms with E-state index in [9.17, 15) is 4.79 Å². The van der Waals surface area contributed by atoms with Crippen molar-refractivity contribution < 1.29 is 28.5 Å². The minimum atomic E-state index is 0.0444. The molecule has 0 aromatic heterocycles. The van der Waals surface area contributed by atoms with Crippen LogP contribution in [0.15, 0.2) is 42.5 Å². The maximum Gasteiger partial charge on any atom is 0.180 e. The maximum atomic E-state index is 13.7. The van der Waals surface area contributed by atoms with Gasteiger partial charge < -0.3 is 23.7 Å². The molecular formula is C37H53NO6. The second-order valence-electron chi connectivity index (χ2n) is 13.1. The third-order valence-electron chi connectivity index (χ3n) is 9.91. The quantitative estimate of drug-likeness (QED) is 0.184. The number of carbonyl (C=O) groups is 1. The first-order valence-electron chi connectivity index (χ1n) is 16.8. The SMILES string of the molecule is COCCOCCOCCOCCOCCCc1cccc(Cc2ccc3c(c2)[C@]2(C)CCN(CC4CC4)C(C3=O)[C@@H]2C)c1. The van der Waals surface area contributed by atoms with E-state index >= 15 is 0 Å². The summed E-state index contributed by atoms with van der Waals surface area (Å²) < 4.78 is 27.1. The lowest BCUT2D eigenvalue weighted by Crippen LogP contribution is -2.61. The average Bonchev–Trinajstić information content (AvgIpc) is 3.85. The van der Waals surface area contributed by atoms with E-state index < -0.39 is 0 Å². The number of fused-ring (bicyclic) bond motifs is 4. The van der Waals surface area contributed by atoms with Gasteiger partial charge in [0.05, 0.1) is 58.9 Å². The minimum absolute atomic E-state index is 0.0444. The van der Waals surface area contributed by atoms with Gasteiger partial charge in [0.1, 0.15) is 0 Å². The van der Waals surface area contributed by atoms with Crippen molar-refractivity contribution in [3.8, 4) is 0 Å². The third-order valence-corrected chi connectivity index (χ3v) is 9.91. The number of hydrogen-bond acceptors (Lipinski definition) is 7. The largest absolute Gasteiger partial charge is 0.382 e. The van der Waals surface area contributed by atoms with Gasteiger partial charge in [-0.15, -0.1) is 0 Å². The summed E-state index contributed by atoms with van der Waals surface area (Å²) >= 11 is 0. The molecule has 0 spiro atoms.